The van der Waals surface area contributed by atoms with Gasteiger partial charge in [0, 0.05) is 17.9 Å². The second-order valence-electron chi connectivity index (χ2n) is 3.75. The van der Waals surface area contributed by atoms with Crippen LogP contribution >= 0.6 is 11.6 Å². The lowest BCUT2D eigenvalue weighted by Gasteiger charge is -2.25. The van der Waals surface area contributed by atoms with Gasteiger partial charge in [-0.05, 0) is 24.6 Å². The maximum atomic E-state index is 11.7. The van der Waals surface area contributed by atoms with Crippen LogP contribution in [0.3, 0.4) is 0 Å². The maximum absolute atomic E-state index is 11.7. The number of nitriles is 1. The van der Waals surface area contributed by atoms with Crippen LogP contribution < -0.4 is 4.90 Å². The summed E-state index contributed by atoms with van der Waals surface area (Å²) in [4.78, 5) is 24.5. The molecule has 1 aliphatic heterocycles. The molecule has 0 N–H and O–H groups in total. The number of imide groups is 1. The Morgan fingerprint density at radius 1 is 1.24 bits per heavy atom. The van der Waals surface area contributed by atoms with Crippen molar-refractivity contribution in [3.8, 4) is 6.07 Å². The van der Waals surface area contributed by atoms with E-state index in [1.807, 2.05) is 6.07 Å². The van der Waals surface area contributed by atoms with Crippen molar-refractivity contribution in [2.75, 3.05) is 4.90 Å². The van der Waals surface area contributed by atoms with Crippen LogP contribution in [-0.4, -0.2) is 11.8 Å². The van der Waals surface area contributed by atoms with Gasteiger partial charge < -0.3 is 0 Å². The van der Waals surface area contributed by atoms with Crippen LogP contribution in [0.4, 0.5) is 5.69 Å². The Morgan fingerprint density at radius 3 is 2.47 bits per heavy atom. The lowest BCUT2D eigenvalue weighted by atomic mass is 10.1. The molecule has 1 aromatic rings. The summed E-state index contributed by atoms with van der Waals surface area (Å²) >= 11 is 5.83. The van der Waals surface area contributed by atoms with Crippen LogP contribution in [0.25, 0.3) is 0 Å². The number of carbonyl (C=O) groups is 2. The summed E-state index contributed by atoms with van der Waals surface area (Å²) in [6, 6.07) is 6.49. The van der Waals surface area contributed by atoms with E-state index in [4.69, 9.17) is 16.9 Å². The van der Waals surface area contributed by atoms with Gasteiger partial charge in [-0.15, -0.1) is 0 Å². The Morgan fingerprint density at radius 2 is 1.88 bits per heavy atom. The second kappa shape index (κ2) is 4.56. The number of piperidine rings is 1. The van der Waals surface area contributed by atoms with Gasteiger partial charge in [0.15, 0.2) is 0 Å². The average Bonchev–Trinajstić information content (AvgIpc) is 2.29. The second-order valence-corrected chi connectivity index (χ2v) is 4.19. The van der Waals surface area contributed by atoms with Crippen LogP contribution in [0.2, 0.25) is 5.02 Å². The van der Waals surface area contributed by atoms with Gasteiger partial charge >= 0.3 is 0 Å². The van der Waals surface area contributed by atoms with E-state index in [-0.39, 0.29) is 23.1 Å². The zero-order valence-corrected chi connectivity index (χ0v) is 9.70. The molecule has 86 valence electrons. The van der Waals surface area contributed by atoms with E-state index in [2.05, 4.69) is 0 Å². The molecule has 0 aliphatic carbocycles. The number of hydrogen-bond donors (Lipinski definition) is 0. The van der Waals surface area contributed by atoms with Crippen molar-refractivity contribution in [2.24, 2.45) is 0 Å². The van der Waals surface area contributed by atoms with Crippen LogP contribution in [0.15, 0.2) is 18.2 Å². The van der Waals surface area contributed by atoms with E-state index in [0.29, 0.717) is 24.3 Å². The predicted octanol–water partition coefficient (Wildman–Crippen LogP) is 2.26. The Balaban J connectivity index is 2.51. The van der Waals surface area contributed by atoms with Crippen LogP contribution in [-0.2, 0) is 9.59 Å². The van der Waals surface area contributed by atoms with Crippen molar-refractivity contribution in [2.45, 2.75) is 19.3 Å². The summed E-state index contributed by atoms with van der Waals surface area (Å²) in [6.07, 6.45) is 1.21. The van der Waals surface area contributed by atoms with Gasteiger partial charge in [0.2, 0.25) is 11.8 Å². The van der Waals surface area contributed by atoms with E-state index < -0.39 is 0 Å². The van der Waals surface area contributed by atoms with Gasteiger partial charge in [0.25, 0.3) is 0 Å². The summed E-state index contributed by atoms with van der Waals surface area (Å²) in [6.45, 7) is 0. The normalized spacial score (nSPS) is 15.9. The fourth-order valence-electron chi connectivity index (χ4n) is 1.81. The third kappa shape index (κ3) is 2.15. The fraction of sp³-hybridized carbons (Fsp3) is 0.250. The lowest BCUT2D eigenvalue weighted by Crippen LogP contribution is -2.40. The lowest BCUT2D eigenvalue weighted by molar-refractivity contribution is -0.129. The zero-order chi connectivity index (χ0) is 12.4. The van der Waals surface area contributed by atoms with Gasteiger partial charge in [-0.1, -0.05) is 11.6 Å². The van der Waals surface area contributed by atoms with E-state index in [0.717, 1.165) is 4.90 Å². The number of rotatable bonds is 1. The molecule has 1 saturated heterocycles. The van der Waals surface area contributed by atoms with Crippen molar-refractivity contribution in [1.29, 1.82) is 5.26 Å². The molecule has 17 heavy (non-hydrogen) atoms. The number of carbonyl (C=O) groups excluding carboxylic acids is 2. The largest absolute Gasteiger partial charge is 0.274 e. The first-order chi connectivity index (χ1) is 8.13. The molecule has 4 nitrogen and oxygen atoms in total. The maximum Gasteiger partial charge on any atom is 0.233 e. The molecule has 1 aromatic carbocycles. The summed E-state index contributed by atoms with van der Waals surface area (Å²) < 4.78 is 0. The molecular formula is C12H9ClN2O2. The van der Waals surface area contributed by atoms with Crippen molar-refractivity contribution >= 4 is 29.1 Å². The molecular weight excluding hydrogens is 240 g/mol. The minimum Gasteiger partial charge on any atom is -0.274 e. The number of halogens is 1. The van der Waals surface area contributed by atoms with E-state index in [9.17, 15) is 9.59 Å². The van der Waals surface area contributed by atoms with E-state index in [1.165, 1.54) is 12.1 Å². The smallest absolute Gasteiger partial charge is 0.233 e. The average molecular weight is 249 g/mol. The molecule has 2 rings (SSSR count). The first-order valence-electron chi connectivity index (χ1n) is 5.19. The molecule has 5 heteroatoms. The fourth-order valence-corrected chi connectivity index (χ4v) is 1.97. The van der Waals surface area contributed by atoms with Gasteiger partial charge in [0.05, 0.1) is 11.3 Å². The Hall–Kier alpha value is -1.86. The molecule has 1 aliphatic rings. The Labute approximate surface area is 103 Å². The molecule has 0 atom stereocenters. The topological polar surface area (TPSA) is 61.2 Å². The summed E-state index contributed by atoms with van der Waals surface area (Å²) in [5, 5.41) is 9.36. The standard InChI is InChI=1S/C12H9ClN2O2/c13-9-5-4-8(7-14)10(6-9)15-11(16)2-1-3-12(15)17/h4-6H,1-3H2. The van der Waals surface area contributed by atoms with Crippen LogP contribution in [0.1, 0.15) is 24.8 Å². The molecule has 0 spiro atoms. The zero-order valence-electron chi connectivity index (χ0n) is 8.94. The summed E-state index contributed by atoms with van der Waals surface area (Å²) in [7, 11) is 0. The Kier molecular flexibility index (Phi) is 3.12. The number of nitrogens with zero attached hydrogens (tertiary/aromatic N) is 2. The minimum absolute atomic E-state index is 0.276. The SMILES string of the molecule is N#Cc1ccc(Cl)cc1N1C(=O)CCCC1=O. The quantitative estimate of drug-likeness (QED) is 0.716. The van der Waals surface area contributed by atoms with Crippen molar-refractivity contribution < 1.29 is 9.59 Å². The molecule has 0 aromatic heterocycles. The third-order valence-electron chi connectivity index (χ3n) is 2.60. The molecule has 0 unspecified atom stereocenters. The molecule has 0 bridgehead atoms. The monoisotopic (exact) mass is 248 g/mol. The van der Waals surface area contributed by atoms with Gasteiger partial charge in [0.1, 0.15) is 6.07 Å². The highest BCUT2D eigenvalue weighted by Crippen LogP contribution is 2.28. The predicted molar refractivity (Wildman–Crippen MR) is 62.5 cm³/mol. The van der Waals surface area contributed by atoms with E-state index >= 15 is 0 Å². The van der Waals surface area contributed by atoms with Crippen molar-refractivity contribution in [1.82, 2.24) is 0 Å². The van der Waals surface area contributed by atoms with Crippen molar-refractivity contribution in [3.63, 3.8) is 0 Å². The van der Waals surface area contributed by atoms with Gasteiger partial charge in [-0.3, -0.25) is 9.59 Å². The minimum atomic E-state index is -0.278. The third-order valence-corrected chi connectivity index (χ3v) is 2.84. The first-order valence-corrected chi connectivity index (χ1v) is 5.56. The number of amides is 2. The highest BCUT2D eigenvalue weighted by molar-refractivity contribution is 6.31. The molecule has 0 radical (unpaired) electrons. The van der Waals surface area contributed by atoms with Crippen LogP contribution in [0.5, 0.6) is 0 Å². The highest BCUT2D eigenvalue weighted by atomic mass is 35.5. The van der Waals surface area contributed by atoms with Crippen molar-refractivity contribution in [3.05, 3.63) is 28.8 Å². The molecule has 1 fully saturated rings. The summed E-state index contributed by atoms with van der Waals surface area (Å²) in [5.41, 5.74) is 0.563. The molecule has 2 amide bonds. The number of hydrogen-bond acceptors (Lipinski definition) is 3. The highest BCUT2D eigenvalue weighted by Gasteiger charge is 2.29. The van der Waals surface area contributed by atoms with Crippen LogP contribution in [0, 0.1) is 11.3 Å². The molecule has 1 heterocycles. The number of benzene rings is 1. The molecule has 0 saturated carbocycles. The summed E-state index contributed by atoms with van der Waals surface area (Å²) in [5.74, 6) is -0.556. The first kappa shape index (κ1) is 11.6. The van der Waals surface area contributed by atoms with Gasteiger partial charge in [-0.25, -0.2) is 4.90 Å². The Bertz CT molecular complexity index is 518. The number of anilines is 1. The van der Waals surface area contributed by atoms with E-state index in [1.54, 1.807) is 6.07 Å². The van der Waals surface area contributed by atoms with Gasteiger partial charge in [-0.2, -0.15) is 5.26 Å².